The Morgan fingerprint density at radius 2 is 2.40 bits per heavy atom. The van der Waals surface area contributed by atoms with E-state index in [0.29, 0.717) is 4.32 Å². The Bertz CT molecular complexity index is 167. The smallest absolute Gasteiger partial charge is 0.328 e. The fraction of sp³-hybridized carbons (Fsp3) is 0.200. The van der Waals surface area contributed by atoms with Crippen molar-refractivity contribution in [3.8, 4) is 0 Å². The lowest BCUT2D eigenvalue weighted by molar-refractivity contribution is -0.131. The zero-order valence-corrected chi connectivity index (χ0v) is 6.96. The first-order valence-corrected chi connectivity index (χ1v) is 3.73. The van der Waals surface area contributed by atoms with Gasteiger partial charge >= 0.3 is 5.97 Å². The van der Waals surface area contributed by atoms with E-state index in [9.17, 15) is 4.79 Å². The highest BCUT2D eigenvalue weighted by Crippen LogP contribution is 2.01. The van der Waals surface area contributed by atoms with E-state index in [-0.39, 0.29) is 0 Å². The minimum atomic E-state index is -0.966. The van der Waals surface area contributed by atoms with Gasteiger partial charge in [0.05, 0.1) is 0 Å². The van der Waals surface area contributed by atoms with Crippen molar-refractivity contribution in [3.05, 3.63) is 11.5 Å². The lowest BCUT2D eigenvalue weighted by atomic mass is 10.7. The van der Waals surface area contributed by atoms with Gasteiger partial charge in [-0.05, 0) is 5.41 Å². The third kappa shape index (κ3) is 5.58. The van der Waals surface area contributed by atoms with Crippen molar-refractivity contribution in [2.75, 3.05) is 7.05 Å². The molecule has 0 unspecified atom stereocenters. The Morgan fingerprint density at radius 1 is 1.80 bits per heavy atom. The fourth-order valence-electron chi connectivity index (χ4n) is 0.213. The number of carboxylic acids is 1. The summed E-state index contributed by atoms with van der Waals surface area (Å²) in [6, 6.07) is 0. The molecule has 0 amide bonds. The number of thioether (sulfide) groups is 1. The number of rotatable bonds is 2. The van der Waals surface area contributed by atoms with E-state index in [1.807, 2.05) is 0 Å². The Hall–Kier alpha value is -0.550. The van der Waals surface area contributed by atoms with Crippen LogP contribution in [0.2, 0.25) is 0 Å². The Kier molecular flexibility index (Phi) is 4.96. The summed E-state index contributed by atoms with van der Waals surface area (Å²) in [7, 11) is 1.68. The van der Waals surface area contributed by atoms with Gasteiger partial charge in [-0.2, -0.15) is 0 Å². The van der Waals surface area contributed by atoms with Crippen LogP contribution >= 0.6 is 24.0 Å². The molecule has 0 aromatic carbocycles. The summed E-state index contributed by atoms with van der Waals surface area (Å²) in [5.74, 6) is -0.966. The summed E-state index contributed by atoms with van der Waals surface area (Å²) < 4.78 is 0.553. The van der Waals surface area contributed by atoms with E-state index in [1.165, 1.54) is 5.41 Å². The monoisotopic (exact) mass is 177 g/mol. The van der Waals surface area contributed by atoms with Crippen molar-refractivity contribution in [1.82, 2.24) is 5.32 Å². The van der Waals surface area contributed by atoms with Gasteiger partial charge in [-0.15, -0.1) is 0 Å². The van der Waals surface area contributed by atoms with Crippen LogP contribution in [0.25, 0.3) is 0 Å². The predicted molar refractivity (Wildman–Crippen MR) is 46.0 cm³/mol. The molecule has 0 aliphatic heterocycles. The molecule has 2 N–H and O–H groups in total. The van der Waals surface area contributed by atoms with Crippen molar-refractivity contribution in [3.63, 3.8) is 0 Å². The maximum absolute atomic E-state index is 9.91. The third-order valence-corrected chi connectivity index (χ3v) is 1.77. The molecule has 56 valence electrons. The van der Waals surface area contributed by atoms with Crippen molar-refractivity contribution in [2.45, 2.75) is 0 Å². The molecule has 5 heteroatoms. The molecule has 0 heterocycles. The van der Waals surface area contributed by atoms with Crippen LogP contribution in [-0.4, -0.2) is 22.4 Å². The van der Waals surface area contributed by atoms with E-state index in [2.05, 4.69) is 5.32 Å². The van der Waals surface area contributed by atoms with Crippen LogP contribution in [0.15, 0.2) is 11.5 Å². The molecule has 0 aromatic rings. The molecule has 0 rings (SSSR count). The topological polar surface area (TPSA) is 49.3 Å². The summed E-state index contributed by atoms with van der Waals surface area (Å²) >= 11 is 5.88. The minimum absolute atomic E-state index is 0.553. The highest BCUT2D eigenvalue weighted by molar-refractivity contribution is 8.24. The zero-order chi connectivity index (χ0) is 7.98. The van der Waals surface area contributed by atoms with Crippen molar-refractivity contribution < 1.29 is 9.90 Å². The lowest BCUT2D eigenvalue weighted by Crippen LogP contribution is -2.09. The van der Waals surface area contributed by atoms with Gasteiger partial charge in [-0.3, -0.25) is 0 Å². The zero-order valence-electron chi connectivity index (χ0n) is 5.33. The van der Waals surface area contributed by atoms with Crippen molar-refractivity contribution in [2.24, 2.45) is 0 Å². The lowest BCUT2D eigenvalue weighted by Gasteiger charge is -1.93. The summed E-state index contributed by atoms with van der Waals surface area (Å²) in [4.78, 5) is 9.91. The van der Waals surface area contributed by atoms with Crippen LogP contribution in [0.5, 0.6) is 0 Å². The van der Waals surface area contributed by atoms with Gasteiger partial charge in [-0.25, -0.2) is 4.79 Å². The van der Waals surface area contributed by atoms with Gasteiger partial charge in [0.1, 0.15) is 4.32 Å². The maximum Gasteiger partial charge on any atom is 0.328 e. The third-order valence-electron chi connectivity index (χ3n) is 0.590. The van der Waals surface area contributed by atoms with Crippen LogP contribution in [0.4, 0.5) is 0 Å². The first-order chi connectivity index (χ1) is 4.66. The van der Waals surface area contributed by atoms with Gasteiger partial charge in [0.15, 0.2) is 0 Å². The Morgan fingerprint density at radius 3 is 2.80 bits per heavy atom. The number of aliphatic carboxylic acids is 1. The van der Waals surface area contributed by atoms with Crippen molar-refractivity contribution in [1.29, 1.82) is 0 Å². The van der Waals surface area contributed by atoms with Crippen molar-refractivity contribution >= 4 is 34.3 Å². The van der Waals surface area contributed by atoms with E-state index in [0.717, 1.165) is 17.8 Å². The van der Waals surface area contributed by atoms with Gasteiger partial charge in [0.2, 0.25) is 0 Å². The number of hydrogen-bond acceptors (Lipinski definition) is 3. The Labute approximate surface area is 68.5 Å². The molecule has 0 radical (unpaired) electrons. The molecule has 0 aromatic heterocycles. The number of carboxylic acid groups (broad SMARTS) is 1. The van der Waals surface area contributed by atoms with Crippen LogP contribution in [-0.2, 0) is 4.79 Å². The van der Waals surface area contributed by atoms with E-state index < -0.39 is 5.97 Å². The SMILES string of the molecule is CNC(=S)S/C=C\C(=O)O. The minimum Gasteiger partial charge on any atom is -0.478 e. The predicted octanol–water partition coefficient (Wildman–Crippen LogP) is 0.822. The molecule has 0 aliphatic rings. The van der Waals surface area contributed by atoms with Crippen LogP contribution in [0.1, 0.15) is 0 Å². The first kappa shape index (κ1) is 9.45. The molecule has 10 heavy (non-hydrogen) atoms. The van der Waals surface area contributed by atoms with Gasteiger partial charge in [-0.1, -0.05) is 24.0 Å². The molecule has 0 saturated carbocycles. The van der Waals surface area contributed by atoms with Crippen LogP contribution < -0.4 is 5.32 Å². The molecule has 0 fully saturated rings. The summed E-state index contributed by atoms with van der Waals surface area (Å²) in [5, 5.41) is 12.2. The second-order valence-corrected chi connectivity index (χ2v) is 2.88. The molecule has 3 nitrogen and oxygen atoms in total. The van der Waals surface area contributed by atoms with Crippen LogP contribution in [0.3, 0.4) is 0 Å². The van der Waals surface area contributed by atoms with Gasteiger partial charge < -0.3 is 10.4 Å². The fourth-order valence-corrected chi connectivity index (χ4v) is 0.806. The van der Waals surface area contributed by atoms with Gasteiger partial charge in [0, 0.05) is 13.1 Å². The number of thiocarbonyl (C=S) groups is 1. The van der Waals surface area contributed by atoms with E-state index in [1.54, 1.807) is 7.05 Å². The highest BCUT2D eigenvalue weighted by Gasteiger charge is 1.88. The molecule has 0 atom stereocenters. The molecular weight excluding hydrogens is 170 g/mol. The number of hydrogen-bond donors (Lipinski definition) is 2. The quantitative estimate of drug-likeness (QED) is 0.483. The average Bonchev–Trinajstić information content (AvgIpc) is 1.87. The molecule has 0 saturated heterocycles. The Balaban J connectivity index is 3.53. The maximum atomic E-state index is 9.91. The second kappa shape index (κ2) is 5.25. The average molecular weight is 177 g/mol. The normalized spacial score (nSPS) is 9.70. The molecular formula is C5H7NO2S2. The largest absolute Gasteiger partial charge is 0.478 e. The van der Waals surface area contributed by atoms with E-state index in [4.69, 9.17) is 17.3 Å². The second-order valence-electron chi connectivity index (χ2n) is 1.30. The van der Waals surface area contributed by atoms with Crippen LogP contribution in [0, 0.1) is 0 Å². The summed E-state index contributed by atoms with van der Waals surface area (Å²) in [6.45, 7) is 0. The first-order valence-electron chi connectivity index (χ1n) is 2.44. The number of carbonyl (C=O) groups is 1. The summed E-state index contributed by atoms with van der Waals surface area (Å²) in [6.07, 6.45) is 1.04. The molecule has 0 aliphatic carbocycles. The highest BCUT2D eigenvalue weighted by atomic mass is 32.2. The number of nitrogens with one attached hydrogen (secondary N) is 1. The van der Waals surface area contributed by atoms with E-state index >= 15 is 0 Å². The van der Waals surface area contributed by atoms with Gasteiger partial charge in [0.25, 0.3) is 0 Å². The summed E-state index contributed by atoms with van der Waals surface area (Å²) in [5.41, 5.74) is 0. The standard InChI is InChI=1S/C5H7NO2S2/c1-6-5(9)10-3-2-4(7)8/h2-3H,1H3,(H,6,9)(H,7,8)/b3-2-. The molecule has 0 bridgehead atoms. The molecule has 0 spiro atoms.